The number of aliphatic imine (C=N–C) groups is 1. The van der Waals surface area contributed by atoms with Crippen molar-refractivity contribution < 1.29 is 53.9 Å². The number of carboxylic acids is 3. The van der Waals surface area contributed by atoms with E-state index in [1.54, 1.807) is 84.9 Å². The minimum Gasteiger partial charge on any atom is -0.507 e. The van der Waals surface area contributed by atoms with Gasteiger partial charge in [-0.2, -0.15) is 0 Å². The average Bonchev–Trinajstić information content (AvgIpc) is 3.57. The Kier molecular flexibility index (Phi) is 13.6. The van der Waals surface area contributed by atoms with E-state index in [4.69, 9.17) is 19.7 Å². The molecule has 0 bridgehead atoms. The third-order valence-corrected chi connectivity index (χ3v) is 9.28. The Labute approximate surface area is 354 Å². The highest BCUT2D eigenvalue weighted by Crippen LogP contribution is 2.36. The fourth-order valence-electron chi connectivity index (χ4n) is 6.28. The van der Waals surface area contributed by atoms with Crippen molar-refractivity contribution in [2.45, 2.75) is 31.2 Å². The molecule has 3 unspecified atom stereocenters. The number of amides is 1. The van der Waals surface area contributed by atoms with Gasteiger partial charge in [0.1, 0.15) is 35.5 Å². The molecule has 0 spiro atoms. The smallest absolute Gasteiger partial charge is 0.336 e. The number of carbonyl (C=O) groups excluding carboxylic acids is 2. The fourth-order valence-corrected chi connectivity index (χ4v) is 6.28. The first-order valence-electron chi connectivity index (χ1n) is 18.8. The predicted molar refractivity (Wildman–Crippen MR) is 226 cm³/mol. The summed E-state index contributed by atoms with van der Waals surface area (Å²) in [6.07, 6.45) is 2.44. The summed E-state index contributed by atoms with van der Waals surface area (Å²) in [6, 6.07) is 25.3. The summed E-state index contributed by atoms with van der Waals surface area (Å²) in [4.78, 5) is 97.8. The number of H-pyrrole nitrogens is 2. The molecule has 0 radical (unpaired) electrons. The van der Waals surface area contributed by atoms with Gasteiger partial charge in [-0.05, 0) is 60.7 Å². The molecule has 6 aromatic rings. The number of aromatic hydroxyl groups is 1. The van der Waals surface area contributed by atoms with Crippen molar-refractivity contribution in [2.75, 3.05) is 6.61 Å². The van der Waals surface area contributed by atoms with Crippen molar-refractivity contribution in [3.8, 4) is 34.3 Å². The molecule has 8 rings (SSSR count). The van der Waals surface area contributed by atoms with Crippen LogP contribution in [0.3, 0.4) is 0 Å². The third kappa shape index (κ3) is 10.2. The van der Waals surface area contributed by atoms with E-state index in [0.29, 0.717) is 50.3 Å². The van der Waals surface area contributed by atoms with Gasteiger partial charge < -0.3 is 39.9 Å². The molecule has 320 valence electrons. The standard InChI is InChI=1S/C22H17N3O6.C14H10N2O2.C8H9NO5/c26-17-11-18-25(17)19(22(28)29)16(31-18)9-10-30-15-8-4-2-6-13(15)20-23-14-7-3-1-5-12(14)21(27)24-20;17-12-8-4-2-6-10(12)13-15-11-7-3-1-5-9(11)14(18)16-13;1-2-5(10)7(8(13)14)9-4-3-6(11)12/h1-9,18-19H,10-11H2,(H,28,29)(H,23,24,27);1-8,17H,(H,15,16,18);2,4,7H,1,3H2,(H,11,12)(H,13,14)/b16-9-;;. The number of phenols is 1. The van der Waals surface area contributed by atoms with Gasteiger partial charge in [0, 0.05) is 6.21 Å². The molecule has 1 amide bonds. The molecule has 4 heterocycles. The molecule has 6 N–H and O–H groups in total. The molecule has 2 aromatic heterocycles. The largest absolute Gasteiger partial charge is 0.507 e. The van der Waals surface area contributed by atoms with E-state index < -0.39 is 48.4 Å². The number of β-lactam (4-membered cyclic amide) rings is 1. The van der Waals surface area contributed by atoms with Crippen LogP contribution in [0.25, 0.3) is 44.6 Å². The first-order chi connectivity index (χ1) is 30.3. The number of ether oxygens (including phenoxy) is 2. The van der Waals surface area contributed by atoms with Crippen molar-refractivity contribution in [2.24, 2.45) is 4.99 Å². The summed E-state index contributed by atoms with van der Waals surface area (Å²) in [5, 5.41) is 37.0. The van der Waals surface area contributed by atoms with Crippen LogP contribution in [0.2, 0.25) is 0 Å². The van der Waals surface area contributed by atoms with Crippen molar-refractivity contribution in [1.29, 1.82) is 0 Å². The molecule has 3 atom stereocenters. The number of aromatic nitrogens is 4. The maximum atomic E-state index is 12.4. The molecule has 2 aliphatic heterocycles. The Balaban J connectivity index is 0.000000175. The van der Waals surface area contributed by atoms with E-state index in [2.05, 4.69) is 31.5 Å². The lowest BCUT2D eigenvalue weighted by atomic mass is 10.1. The van der Waals surface area contributed by atoms with Crippen LogP contribution in [0.4, 0.5) is 0 Å². The van der Waals surface area contributed by atoms with Crippen LogP contribution in [0, 0.1) is 0 Å². The summed E-state index contributed by atoms with van der Waals surface area (Å²) in [6.45, 7) is 3.12. The number of phenolic OH excluding ortho intramolecular Hbond substituents is 1. The summed E-state index contributed by atoms with van der Waals surface area (Å²) in [5.74, 6) is -3.30. The van der Waals surface area contributed by atoms with Crippen molar-refractivity contribution in [3.63, 3.8) is 0 Å². The maximum Gasteiger partial charge on any atom is 0.336 e. The molecule has 4 aromatic carbocycles. The second-order valence-electron chi connectivity index (χ2n) is 13.4. The quantitative estimate of drug-likeness (QED) is 0.0440. The first kappa shape index (κ1) is 43.8. The zero-order valence-corrected chi connectivity index (χ0v) is 32.8. The average molecular weight is 857 g/mol. The minimum absolute atomic E-state index is 0.0166. The van der Waals surface area contributed by atoms with Gasteiger partial charge in [0.25, 0.3) is 11.1 Å². The van der Waals surface area contributed by atoms with Gasteiger partial charge in [0.15, 0.2) is 18.1 Å². The number of aliphatic carboxylic acids is 3. The molecular weight excluding hydrogens is 821 g/mol. The number of carboxylic acid groups (broad SMARTS) is 3. The molecule has 0 saturated carbocycles. The number of nitrogens with zero attached hydrogens (tertiary/aromatic N) is 4. The zero-order chi connectivity index (χ0) is 45.2. The summed E-state index contributed by atoms with van der Waals surface area (Å²) < 4.78 is 11.4. The number of ketones is 1. The lowest BCUT2D eigenvalue weighted by molar-refractivity contribution is -0.163. The van der Waals surface area contributed by atoms with Crippen molar-refractivity contribution in [3.05, 3.63) is 142 Å². The number of hydrogen-bond donors (Lipinski definition) is 6. The number of carbonyl (C=O) groups is 5. The summed E-state index contributed by atoms with van der Waals surface area (Å²) >= 11 is 0. The van der Waals surface area contributed by atoms with Gasteiger partial charge in [-0.15, -0.1) is 0 Å². The van der Waals surface area contributed by atoms with Crippen molar-refractivity contribution >= 4 is 57.6 Å². The monoisotopic (exact) mass is 856 g/mol. The minimum atomic E-state index is -1.59. The van der Waals surface area contributed by atoms with E-state index in [1.807, 2.05) is 12.1 Å². The van der Waals surface area contributed by atoms with E-state index >= 15 is 0 Å². The number of rotatable bonds is 12. The Morgan fingerprint density at radius 3 is 1.94 bits per heavy atom. The fraction of sp³-hybridized carbons (Fsp3) is 0.136. The molecular formula is C44H36N6O13. The van der Waals surface area contributed by atoms with Crippen LogP contribution < -0.4 is 15.9 Å². The second-order valence-corrected chi connectivity index (χ2v) is 13.4. The molecule has 2 saturated heterocycles. The Morgan fingerprint density at radius 2 is 1.38 bits per heavy atom. The Bertz CT molecular complexity index is 2940. The second kappa shape index (κ2) is 19.5. The van der Waals surface area contributed by atoms with Crippen LogP contribution in [0.1, 0.15) is 12.8 Å². The molecule has 19 nitrogen and oxygen atoms in total. The van der Waals surface area contributed by atoms with E-state index in [0.717, 1.165) is 12.3 Å². The molecule has 2 fully saturated rings. The number of benzene rings is 4. The summed E-state index contributed by atoms with van der Waals surface area (Å²) in [5.41, 5.74) is 1.81. The molecule has 0 aliphatic carbocycles. The van der Waals surface area contributed by atoms with E-state index in [9.17, 15) is 43.8 Å². The zero-order valence-electron chi connectivity index (χ0n) is 32.8. The highest BCUT2D eigenvalue weighted by molar-refractivity contribution is 6.09. The first-order valence-corrected chi connectivity index (χ1v) is 18.8. The van der Waals surface area contributed by atoms with Crippen LogP contribution in [0.5, 0.6) is 11.5 Å². The van der Waals surface area contributed by atoms with Gasteiger partial charge in [-0.3, -0.25) is 33.9 Å². The number of aromatic amines is 2. The number of nitrogens with one attached hydrogen (secondary N) is 2. The van der Waals surface area contributed by atoms with Crippen molar-refractivity contribution in [1.82, 2.24) is 24.8 Å². The normalized spacial score (nSPS) is 16.1. The Hall–Kier alpha value is -8.74. The number of para-hydroxylation sites is 4. The van der Waals surface area contributed by atoms with Crippen LogP contribution in [-0.4, -0.2) is 106 Å². The van der Waals surface area contributed by atoms with E-state index in [1.165, 1.54) is 11.0 Å². The lowest BCUT2D eigenvalue weighted by Gasteiger charge is -2.33. The van der Waals surface area contributed by atoms with Gasteiger partial charge in [0.2, 0.25) is 11.9 Å². The molecule has 2 aliphatic rings. The topological polar surface area (TPSA) is 292 Å². The highest BCUT2D eigenvalue weighted by Gasteiger charge is 2.53. The van der Waals surface area contributed by atoms with Crippen LogP contribution >= 0.6 is 0 Å². The summed E-state index contributed by atoms with van der Waals surface area (Å²) in [7, 11) is 0. The predicted octanol–water partition coefficient (Wildman–Crippen LogP) is 3.93. The Morgan fingerprint density at radius 1 is 0.825 bits per heavy atom. The van der Waals surface area contributed by atoms with Gasteiger partial charge in [0.05, 0.1) is 45.8 Å². The lowest BCUT2D eigenvalue weighted by Crippen LogP contribution is -2.54. The maximum absolute atomic E-state index is 12.4. The molecule has 19 heteroatoms. The highest BCUT2D eigenvalue weighted by atomic mass is 16.5. The molecule has 63 heavy (non-hydrogen) atoms. The van der Waals surface area contributed by atoms with E-state index in [-0.39, 0.29) is 41.6 Å². The number of fused-ring (bicyclic) bond motifs is 3. The van der Waals surface area contributed by atoms with Gasteiger partial charge in [-0.1, -0.05) is 55.1 Å². The van der Waals surface area contributed by atoms with Crippen LogP contribution in [-0.2, 0) is 28.7 Å². The SMILES string of the molecule is C=CC(=O)C(N=CCC(=O)O)C(=O)O.O=C(O)C1/C(=C/COc2ccccc2-c2nc3ccccc3c(=O)[nH]2)OC2CC(=O)N21.O=c1[nH]c(-c2ccccc2O)nc2ccccc12. The van der Waals surface area contributed by atoms with Gasteiger partial charge >= 0.3 is 17.9 Å². The van der Waals surface area contributed by atoms with Gasteiger partial charge in [-0.25, -0.2) is 19.6 Å². The number of hydrogen-bond acceptors (Lipinski definition) is 13. The third-order valence-electron chi connectivity index (χ3n) is 9.28. The van der Waals surface area contributed by atoms with Crippen LogP contribution in [0.15, 0.2) is 136 Å².